The zero-order valence-corrected chi connectivity index (χ0v) is 8.97. The quantitative estimate of drug-likeness (QED) is 0.335. The molecule has 0 saturated carbocycles. The average molecular weight is 239 g/mol. The van der Waals surface area contributed by atoms with E-state index in [4.69, 9.17) is 14.2 Å². The fourth-order valence-corrected chi connectivity index (χ4v) is 1.52. The first-order chi connectivity index (χ1) is 8.09. The first kappa shape index (κ1) is 11.3. The molecule has 1 heterocycles. The van der Waals surface area contributed by atoms with Crippen LogP contribution >= 0.6 is 0 Å². The van der Waals surface area contributed by atoms with Gasteiger partial charge in [-0.15, -0.1) is 0 Å². The Morgan fingerprint density at radius 3 is 2.94 bits per heavy atom. The predicted octanol–water partition coefficient (Wildman–Crippen LogP) is 1.39. The van der Waals surface area contributed by atoms with Gasteiger partial charge in [0.25, 0.3) is 0 Å². The summed E-state index contributed by atoms with van der Waals surface area (Å²) in [5.41, 5.74) is 0.0914. The lowest BCUT2D eigenvalue weighted by Gasteiger charge is -2.19. The van der Waals surface area contributed by atoms with E-state index in [2.05, 4.69) is 0 Å². The fraction of sp³-hybridized carbons (Fsp3) is 0.300. The molecule has 0 amide bonds. The molecule has 7 heteroatoms. The first-order valence-corrected chi connectivity index (χ1v) is 4.79. The summed E-state index contributed by atoms with van der Waals surface area (Å²) in [6, 6.07) is 2.70. The highest BCUT2D eigenvalue weighted by Crippen LogP contribution is 2.39. The summed E-state index contributed by atoms with van der Waals surface area (Å²) < 4.78 is 15.0. The molecule has 1 aromatic rings. The largest absolute Gasteiger partial charge is 0.467 e. The maximum absolute atomic E-state index is 10.9. The van der Waals surface area contributed by atoms with Crippen molar-refractivity contribution in [3.8, 4) is 11.5 Å². The smallest absolute Gasteiger partial charge is 0.312 e. The molecule has 1 aliphatic heterocycles. The number of hydrogen-bond acceptors (Lipinski definition) is 6. The number of ether oxygens (including phenoxy) is 3. The normalized spacial score (nSPS) is 13.5. The topological polar surface area (TPSA) is 87.9 Å². The van der Waals surface area contributed by atoms with Crippen LogP contribution < -0.4 is 9.47 Å². The van der Waals surface area contributed by atoms with Crippen molar-refractivity contribution < 1.29 is 23.9 Å². The van der Waals surface area contributed by atoms with E-state index in [1.807, 2.05) is 0 Å². The Hall–Kier alpha value is -2.15. The van der Waals surface area contributed by atoms with E-state index in [1.54, 1.807) is 0 Å². The van der Waals surface area contributed by atoms with Gasteiger partial charge >= 0.3 is 11.7 Å². The lowest BCUT2D eigenvalue weighted by molar-refractivity contribution is -0.385. The van der Waals surface area contributed by atoms with Gasteiger partial charge in [0.15, 0.2) is 6.79 Å². The Bertz CT molecular complexity index is 484. The molecule has 7 nitrogen and oxygen atoms in total. The van der Waals surface area contributed by atoms with E-state index in [-0.39, 0.29) is 24.8 Å². The number of carbonyl (C=O) groups is 1. The molecule has 1 aliphatic rings. The van der Waals surface area contributed by atoms with E-state index >= 15 is 0 Å². The van der Waals surface area contributed by atoms with Crippen LogP contribution in [0.1, 0.15) is 12.5 Å². The minimum Gasteiger partial charge on any atom is -0.467 e. The molecule has 0 fully saturated rings. The van der Waals surface area contributed by atoms with Crippen LogP contribution in [0.15, 0.2) is 12.1 Å². The number of esters is 1. The Labute approximate surface area is 96.0 Å². The molecule has 0 atom stereocenters. The SMILES string of the molecule is CC(=O)Oc1c([N+](=O)[O-])ccc2c1COCO2. The van der Waals surface area contributed by atoms with Crippen LogP contribution in [-0.2, 0) is 16.1 Å². The third-order valence-electron chi connectivity index (χ3n) is 2.18. The second kappa shape index (κ2) is 4.38. The second-order valence-corrected chi connectivity index (χ2v) is 3.35. The van der Waals surface area contributed by atoms with Crippen molar-refractivity contribution in [3.63, 3.8) is 0 Å². The summed E-state index contributed by atoms with van der Waals surface area (Å²) in [6.45, 7) is 1.36. The number of rotatable bonds is 2. The summed E-state index contributed by atoms with van der Waals surface area (Å²) in [5.74, 6) is -0.315. The summed E-state index contributed by atoms with van der Waals surface area (Å²) in [5, 5.41) is 10.8. The molecule has 0 unspecified atom stereocenters. The van der Waals surface area contributed by atoms with Crippen LogP contribution in [0.5, 0.6) is 11.5 Å². The molecule has 0 aliphatic carbocycles. The number of fused-ring (bicyclic) bond motifs is 1. The van der Waals surface area contributed by atoms with Crippen LogP contribution in [-0.4, -0.2) is 17.7 Å². The monoisotopic (exact) mass is 239 g/mol. The second-order valence-electron chi connectivity index (χ2n) is 3.35. The number of benzene rings is 1. The van der Waals surface area contributed by atoms with Crippen molar-refractivity contribution >= 4 is 11.7 Å². The summed E-state index contributed by atoms with van der Waals surface area (Å²) >= 11 is 0. The third kappa shape index (κ3) is 2.18. The molecule has 2 rings (SSSR count). The van der Waals surface area contributed by atoms with E-state index in [9.17, 15) is 14.9 Å². The van der Waals surface area contributed by atoms with Crippen LogP contribution in [0, 0.1) is 10.1 Å². The standard InChI is InChI=1S/C10H9NO6/c1-6(12)17-10-7-4-15-5-16-9(7)3-2-8(10)11(13)14/h2-3H,4-5H2,1H3. The average Bonchev–Trinajstić information content (AvgIpc) is 2.28. The van der Waals surface area contributed by atoms with Crippen molar-refractivity contribution in [2.45, 2.75) is 13.5 Å². The molecule has 0 bridgehead atoms. The molecule has 1 aromatic carbocycles. The molecule has 0 radical (unpaired) electrons. The summed E-state index contributed by atoms with van der Waals surface area (Å²) in [7, 11) is 0. The van der Waals surface area contributed by atoms with Crippen molar-refractivity contribution in [2.75, 3.05) is 6.79 Å². The summed E-state index contributed by atoms with van der Waals surface area (Å²) in [6.07, 6.45) is 0. The van der Waals surface area contributed by atoms with Crippen LogP contribution in [0.3, 0.4) is 0 Å². The van der Waals surface area contributed by atoms with Gasteiger partial charge in [0, 0.05) is 13.0 Å². The van der Waals surface area contributed by atoms with Crippen molar-refractivity contribution in [2.24, 2.45) is 0 Å². The fourth-order valence-electron chi connectivity index (χ4n) is 1.52. The molecule has 0 saturated heterocycles. The van der Waals surface area contributed by atoms with Crippen LogP contribution in [0.25, 0.3) is 0 Å². The molecule has 0 spiro atoms. The van der Waals surface area contributed by atoms with E-state index in [1.165, 1.54) is 19.1 Å². The van der Waals surface area contributed by atoms with E-state index < -0.39 is 10.9 Å². The van der Waals surface area contributed by atoms with Gasteiger partial charge in [-0.1, -0.05) is 0 Å². The van der Waals surface area contributed by atoms with Gasteiger partial charge in [-0.2, -0.15) is 0 Å². The number of carbonyl (C=O) groups excluding carboxylic acids is 1. The minimum absolute atomic E-state index is 0.0737. The van der Waals surface area contributed by atoms with Gasteiger partial charge in [0.2, 0.25) is 5.75 Å². The maximum atomic E-state index is 10.9. The van der Waals surface area contributed by atoms with Gasteiger partial charge in [0.05, 0.1) is 17.1 Å². The molecular weight excluding hydrogens is 230 g/mol. The van der Waals surface area contributed by atoms with Crippen molar-refractivity contribution in [1.29, 1.82) is 0 Å². The Kier molecular flexibility index (Phi) is 2.92. The lowest BCUT2D eigenvalue weighted by atomic mass is 10.1. The molecule has 0 N–H and O–H groups in total. The zero-order valence-electron chi connectivity index (χ0n) is 8.97. The van der Waals surface area contributed by atoms with Crippen molar-refractivity contribution in [3.05, 3.63) is 27.8 Å². The van der Waals surface area contributed by atoms with Crippen LogP contribution in [0.2, 0.25) is 0 Å². The Morgan fingerprint density at radius 2 is 2.29 bits per heavy atom. The van der Waals surface area contributed by atoms with E-state index in [0.29, 0.717) is 11.3 Å². The van der Waals surface area contributed by atoms with E-state index in [0.717, 1.165) is 0 Å². The highest BCUT2D eigenvalue weighted by atomic mass is 16.7. The summed E-state index contributed by atoms with van der Waals surface area (Å²) in [4.78, 5) is 21.2. The van der Waals surface area contributed by atoms with Gasteiger partial charge in [-0.25, -0.2) is 0 Å². The number of hydrogen-bond donors (Lipinski definition) is 0. The number of nitro groups is 1. The lowest BCUT2D eigenvalue weighted by Crippen LogP contribution is -2.15. The van der Waals surface area contributed by atoms with Gasteiger partial charge in [-0.3, -0.25) is 14.9 Å². The molecule has 0 aromatic heterocycles. The Balaban J connectivity index is 2.55. The zero-order chi connectivity index (χ0) is 12.4. The molecule has 17 heavy (non-hydrogen) atoms. The first-order valence-electron chi connectivity index (χ1n) is 4.79. The van der Waals surface area contributed by atoms with Gasteiger partial charge < -0.3 is 14.2 Å². The van der Waals surface area contributed by atoms with Crippen molar-refractivity contribution in [1.82, 2.24) is 0 Å². The maximum Gasteiger partial charge on any atom is 0.312 e. The minimum atomic E-state index is -0.632. The number of nitrogens with zero attached hydrogens (tertiary/aromatic N) is 1. The third-order valence-corrected chi connectivity index (χ3v) is 2.18. The highest BCUT2D eigenvalue weighted by Gasteiger charge is 2.26. The molecule has 90 valence electrons. The van der Waals surface area contributed by atoms with Gasteiger partial charge in [-0.05, 0) is 6.07 Å². The molecular formula is C10H9NO6. The van der Waals surface area contributed by atoms with Crippen LogP contribution in [0.4, 0.5) is 5.69 Å². The predicted molar refractivity (Wildman–Crippen MR) is 54.7 cm³/mol. The Morgan fingerprint density at radius 1 is 1.53 bits per heavy atom. The highest BCUT2D eigenvalue weighted by molar-refractivity contribution is 5.73. The van der Waals surface area contributed by atoms with Gasteiger partial charge in [0.1, 0.15) is 5.75 Å². The number of nitro benzene ring substituents is 1.